The molecule has 0 bridgehead atoms. The van der Waals surface area contributed by atoms with Gasteiger partial charge in [0.1, 0.15) is 0 Å². The normalized spacial score (nSPS) is 28.4. The van der Waals surface area contributed by atoms with Crippen molar-refractivity contribution in [1.29, 1.82) is 0 Å². The third-order valence-corrected chi connectivity index (χ3v) is 9.89. The second-order valence-corrected chi connectivity index (χ2v) is 13.1. The SMILES string of the molecule is CC[C@H](O[Si](C)(C)C(C)(C)C)[C@@H](C)[C@@H](O)[C@@H]1C[C@H](C)CO1. The summed E-state index contributed by atoms with van der Waals surface area (Å²) in [6.45, 7) is 18.6. The summed E-state index contributed by atoms with van der Waals surface area (Å²) in [4.78, 5) is 0. The lowest BCUT2D eigenvalue weighted by molar-refractivity contribution is -0.0581. The molecule has 0 radical (unpaired) electrons. The van der Waals surface area contributed by atoms with Crippen LogP contribution in [-0.2, 0) is 9.16 Å². The van der Waals surface area contributed by atoms with Gasteiger partial charge in [-0.05, 0) is 36.9 Å². The molecule has 0 aromatic rings. The molecule has 0 unspecified atom stereocenters. The van der Waals surface area contributed by atoms with Gasteiger partial charge in [0.25, 0.3) is 0 Å². The maximum Gasteiger partial charge on any atom is 0.192 e. The van der Waals surface area contributed by atoms with E-state index in [2.05, 4.69) is 54.6 Å². The van der Waals surface area contributed by atoms with Crippen molar-refractivity contribution in [1.82, 2.24) is 0 Å². The third-order valence-electron chi connectivity index (χ3n) is 5.39. The van der Waals surface area contributed by atoms with Gasteiger partial charge in [0, 0.05) is 18.6 Å². The Morgan fingerprint density at radius 2 is 1.90 bits per heavy atom. The van der Waals surface area contributed by atoms with Gasteiger partial charge in [0.2, 0.25) is 0 Å². The van der Waals surface area contributed by atoms with Gasteiger partial charge in [-0.1, -0.05) is 41.5 Å². The minimum Gasteiger partial charge on any atom is -0.414 e. The molecule has 0 aliphatic carbocycles. The Hall–Kier alpha value is 0.0969. The third kappa shape index (κ3) is 4.78. The Kier molecular flexibility index (Phi) is 6.49. The van der Waals surface area contributed by atoms with Gasteiger partial charge in [-0.3, -0.25) is 0 Å². The molecule has 1 aliphatic heterocycles. The fourth-order valence-corrected chi connectivity index (χ4v) is 4.23. The molecule has 1 fully saturated rings. The zero-order valence-corrected chi connectivity index (χ0v) is 16.3. The quantitative estimate of drug-likeness (QED) is 0.746. The molecule has 0 saturated carbocycles. The summed E-state index contributed by atoms with van der Waals surface area (Å²) in [6, 6.07) is 0. The largest absolute Gasteiger partial charge is 0.414 e. The Morgan fingerprint density at radius 3 is 2.29 bits per heavy atom. The summed E-state index contributed by atoms with van der Waals surface area (Å²) in [5.74, 6) is 0.665. The predicted molar refractivity (Wildman–Crippen MR) is 91.1 cm³/mol. The zero-order valence-electron chi connectivity index (χ0n) is 15.3. The lowest BCUT2D eigenvalue weighted by Gasteiger charge is -2.42. The van der Waals surface area contributed by atoms with Crippen LogP contribution in [0.1, 0.15) is 54.4 Å². The minimum absolute atomic E-state index is 0.0212. The summed E-state index contributed by atoms with van der Waals surface area (Å²) in [5.41, 5.74) is 0. The van der Waals surface area contributed by atoms with Crippen LogP contribution < -0.4 is 0 Å². The molecule has 1 N–H and O–H groups in total. The van der Waals surface area contributed by atoms with Crippen LogP contribution in [0.2, 0.25) is 18.1 Å². The highest BCUT2D eigenvalue weighted by Crippen LogP contribution is 2.39. The van der Waals surface area contributed by atoms with E-state index < -0.39 is 14.4 Å². The van der Waals surface area contributed by atoms with Crippen molar-refractivity contribution < 1.29 is 14.3 Å². The molecule has 0 amide bonds. The first-order valence-corrected chi connectivity index (χ1v) is 11.4. The molecule has 1 saturated heterocycles. The van der Waals surface area contributed by atoms with Crippen LogP contribution in [0.4, 0.5) is 0 Å². The van der Waals surface area contributed by atoms with Crippen molar-refractivity contribution in [2.24, 2.45) is 11.8 Å². The van der Waals surface area contributed by atoms with Gasteiger partial charge in [-0.15, -0.1) is 0 Å². The summed E-state index contributed by atoms with van der Waals surface area (Å²) in [7, 11) is -1.80. The Balaban J connectivity index is 2.71. The van der Waals surface area contributed by atoms with Crippen molar-refractivity contribution in [3.05, 3.63) is 0 Å². The Bertz CT molecular complexity index is 324. The van der Waals surface area contributed by atoms with Crippen LogP contribution in [0.15, 0.2) is 0 Å². The lowest BCUT2D eigenvalue weighted by atomic mass is 9.90. The monoisotopic (exact) mass is 316 g/mol. The van der Waals surface area contributed by atoms with E-state index in [-0.39, 0.29) is 23.2 Å². The first-order chi connectivity index (χ1) is 9.49. The number of aliphatic hydroxyl groups excluding tert-OH is 1. The molecule has 4 heteroatoms. The van der Waals surface area contributed by atoms with Crippen molar-refractivity contribution in [2.45, 2.75) is 90.8 Å². The predicted octanol–water partition coefficient (Wildman–Crippen LogP) is 4.21. The first-order valence-electron chi connectivity index (χ1n) is 8.47. The fraction of sp³-hybridized carbons (Fsp3) is 1.00. The average molecular weight is 317 g/mol. The van der Waals surface area contributed by atoms with E-state index in [9.17, 15) is 5.11 Å². The average Bonchev–Trinajstić information content (AvgIpc) is 2.79. The molecule has 1 rings (SSSR count). The highest BCUT2D eigenvalue weighted by molar-refractivity contribution is 6.74. The van der Waals surface area contributed by atoms with Crippen molar-refractivity contribution in [2.75, 3.05) is 6.61 Å². The van der Waals surface area contributed by atoms with E-state index in [1.165, 1.54) is 0 Å². The second-order valence-electron chi connectivity index (χ2n) is 8.39. The van der Waals surface area contributed by atoms with Gasteiger partial charge >= 0.3 is 0 Å². The Labute approximate surface area is 132 Å². The topological polar surface area (TPSA) is 38.7 Å². The van der Waals surface area contributed by atoms with Gasteiger partial charge in [-0.2, -0.15) is 0 Å². The molecular weight excluding hydrogens is 280 g/mol. The lowest BCUT2D eigenvalue weighted by Crippen LogP contribution is -2.48. The molecule has 0 aromatic carbocycles. The Morgan fingerprint density at radius 1 is 1.33 bits per heavy atom. The minimum atomic E-state index is -1.80. The molecule has 5 atom stereocenters. The van der Waals surface area contributed by atoms with E-state index >= 15 is 0 Å². The first kappa shape index (κ1) is 19.1. The maximum atomic E-state index is 10.6. The van der Waals surface area contributed by atoms with E-state index in [1.54, 1.807) is 0 Å². The summed E-state index contributed by atoms with van der Waals surface area (Å²) in [6.07, 6.45) is 1.56. The van der Waals surface area contributed by atoms with E-state index in [4.69, 9.17) is 9.16 Å². The van der Waals surface area contributed by atoms with Crippen LogP contribution >= 0.6 is 0 Å². The van der Waals surface area contributed by atoms with Crippen molar-refractivity contribution in [3.8, 4) is 0 Å². The molecule has 21 heavy (non-hydrogen) atoms. The van der Waals surface area contributed by atoms with E-state index in [1.807, 2.05) is 0 Å². The molecule has 126 valence electrons. The zero-order chi connectivity index (χ0) is 16.4. The fourth-order valence-electron chi connectivity index (χ4n) is 2.73. The maximum absolute atomic E-state index is 10.6. The smallest absolute Gasteiger partial charge is 0.192 e. The highest BCUT2D eigenvalue weighted by atomic mass is 28.4. The van der Waals surface area contributed by atoms with E-state index in [0.29, 0.717) is 5.92 Å². The van der Waals surface area contributed by atoms with Crippen LogP contribution in [-0.4, -0.2) is 38.3 Å². The van der Waals surface area contributed by atoms with Crippen LogP contribution in [0.25, 0.3) is 0 Å². The summed E-state index contributed by atoms with van der Waals surface area (Å²) < 4.78 is 12.3. The summed E-state index contributed by atoms with van der Waals surface area (Å²) in [5, 5.41) is 10.8. The van der Waals surface area contributed by atoms with Crippen LogP contribution in [0, 0.1) is 11.8 Å². The molecule has 1 heterocycles. The van der Waals surface area contributed by atoms with Crippen LogP contribution in [0.3, 0.4) is 0 Å². The second kappa shape index (κ2) is 7.11. The molecule has 0 spiro atoms. The number of hydrogen-bond donors (Lipinski definition) is 1. The van der Waals surface area contributed by atoms with Gasteiger partial charge < -0.3 is 14.3 Å². The number of rotatable bonds is 6. The van der Waals surface area contributed by atoms with Gasteiger partial charge in [0.15, 0.2) is 8.32 Å². The van der Waals surface area contributed by atoms with Crippen molar-refractivity contribution in [3.63, 3.8) is 0 Å². The number of hydrogen-bond acceptors (Lipinski definition) is 3. The highest BCUT2D eigenvalue weighted by Gasteiger charge is 2.42. The molecule has 0 aromatic heterocycles. The van der Waals surface area contributed by atoms with Crippen LogP contribution in [0.5, 0.6) is 0 Å². The standard InChI is InChI=1S/C17H36O3Si/c1-9-14(20-21(7,8)17(4,5)6)13(3)16(18)15-10-12(2)11-19-15/h12-16,18H,9-11H2,1-8H3/t12-,13+,14-,15-,16+/m0/s1. The number of aliphatic hydroxyl groups is 1. The molecule has 1 aliphatic rings. The van der Waals surface area contributed by atoms with Gasteiger partial charge in [0.05, 0.1) is 12.2 Å². The summed E-state index contributed by atoms with van der Waals surface area (Å²) >= 11 is 0. The molecular formula is C17H36O3Si. The molecule has 3 nitrogen and oxygen atoms in total. The number of ether oxygens (including phenoxy) is 1. The van der Waals surface area contributed by atoms with Crippen molar-refractivity contribution >= 4 is 8.32 Å². The van der Waals surface area contributed by atoms with E-state index in [0.717, 1.165) is 19.4 Å². The van der Waals surface area contributed by atoms with Gasteiger partial charge in [-0.25, -0.2) is 0 Å².